The zero-order chi connectivity index (χ0) is 19.3. The van der Waals surface area contributed by atoms with Crippen LogP contribution in [0.25, 0.3) is 0 Å². The summed E-state index contributed by atoms with van der Waals surface area (Å²) in [7, 11) is 0. The molecule has 144 valence electrons. The number of hydrogen-bond donors (Lipinski definition) is 0. The van der Waals surface area contributed by atoms with Crippen LogP contribution in [-0.2, 0) is 27.2 Å². The van der Waals surface area contributed by atoms with E-state index in [9.17, 15) is 4.79 Å². The molecule has 0 spiro atoms. The second-order valence-electron chi connectivity index (χ2n) is 9.27. The lowest BCUT2D eigenvalue weighted by atomic mass is 9.90. The second-order valence-corrected chi connectivity index (χ2v) is 9.27. The summed E-state index contributed by atoms with van der Waals surface area (Å²) in [5, 5.41) is 0. The van der Waals surface area contributed by atoms with E-state index in [2.05, 4.69) is 45.9 Å². The molecule has 0 aliphatic carbocycles. The highest BCUT2D eigenvalue weighted by Crippen LogP contribution is 2.45. The molecule has 26 heavy (non-hydrogen) atoms. The van der Waals surface area contributed by atoms with Gasteiger partial charge in [-0.1, -0.05) is 12.1 Å². The Bertz CT molecular complexity index is 686. The third-order valence-corrected chi connectivity index (χ3v) is 5.42. The Labute approximate surface area is 156 Å². The first-order chi connectivity index (χ1) is 11.9. The summed E-state index contributed by atoms with van der Waals surface area (Å²) in [6.07, 6.45) is 0.185. The van der Waals surface area contributed by atoms with Crippen molar-refractivity contribution in [2.24, 2.45) is 0 Å². The molecular weight excluding hydrogens is 330 g/mol. The number of fused-ring (bicyclic) bond motifs is 1. The van der Waals surface area contributed by atoms with E-state index in [1.54, 1.807) is 4.90 Å². The van der Waals surface area contributed by atoms with Gasteiger partial charge in [0.15, 0.2) is 6.29 Å². The van der Waals surface area contributed by atoms with Gasteiger partial charge in [0.05, 0.1) is 11.2 Å². The molecule has 5 nitrogen and oxygen atoms in total. The predicted octanol–water partition coefficient (Wildman–Crippen LogP) is 4.58. The van der Waals surface area contributed by atoms with Gasteiger partial charge >= 0.3 is 6.09 Å². The first-order valence-electron chi connectivity index (χ1n) is 9.33. The molecule has 2 aliphatic heterocycles. The Kier molecular flexibility index (Phi) is 4.60. The zero-order valence-corrected chi connectivity index (χ0v) is 17.0. The van der Waals surface area contributed by atoms with Crippen LogP contribution in [-0.4, -0.2) is 34.3 Å². The Morgan fingerprint density at radius 2 is 1.73 bits per heavy atom. The van der Waals surface area contributed by atoms with Crippen molar-refractivity contribution in [3.63, 3.8) is 0 Å². The van der Waals surface area contributed by atoms with Gasteiger partial charge in [0.25, 0.3) is 0 Å². The van der Waals surface area contributed by atoms with Crippen LogP contribution in [0.5, 0.6) is 0 Å². The van der Waals surface area contributed by atoms with Crippen molar-refractivity contribution in [2.45, 2.75) is 84.5 Å². The SMILES string of the molecule is CC(C)(C)OC(=O)N1CCc2ccc(C3OC(C)(C)C(C)(C)O3)cc2C1. The van der Waals surface area contributed by atoms with Crippen LogP contribution in [0.15, 0.2) is 18.2 Å². The highest BCUT2D eigenvalue weighted by atomic mass is 16.7. The van der Waals surface area contributed by atoms with Crippen LogP contribution in [0.2, 0.25) is 0 Å². The molecule has 1 aromatic rings. The normalized spacial score (nSPS) is 22.2. The largest absolute Gasteiger partial charge is 0.444 e. The van der Waals surface area contributed by atoms with Crippen LogP contribution >= 0.6 is 0 Å². The van der Waals surface area contributed by atoms with Gasteiger partial charge in [-0.3, -0.25) is 0 Å². The minimum atomic E-state index is -0.484. The van der Waals surface area contributed by atoms with Crippen LogP contribution in [0, 0.1) is 0 Å². The molecule has 3 rings (SSSR count). The molecule has 0 N–H and O–H groups in total. The number of nitrogens with zero attached hydrogens (tertiary/aromatic N) is 1. The first kappa shape index (κ1) is 19.2. The van der Waals surface area contributed by atoms with Crippen molar-refractivity contribution < 1.29 is 19.0 Å². The second kappa shape index (κ2) is 6.24. The minimum absolute atomic E-state index is 0.260. The van der Waals surface area contributed by atoms with E-state index in [0.29, 0.717) is 13.1 Å². The molecule has 2 heterocycles. The fourth-order valence-electron chi connectivity index (χ4n) is 3.19. The number of rotatable bonds is 1. The van der Waals surface area contributed by atoms with Crippen LogP contribution in [0.1, 0.15) is 71.4 Å². The van der Waals surface area contributed by atoms with Gasteiger partial charge in [-0.05, 0) is 72.1 Å². The molecule has 0 saturated carbocycles. The Morgan fingerprint density at radius 1 is 1.12 bits per heavy atom. The molecule has 0 radical (unpaired) electrons. The summed E-state index contributed by atoms with van der Waals surface area (Å²) in [6, 6.07) is 6.31. The maximum absolute atomic E-state index is 12.4. The molecule has 1 saturated heterocycles. The van der Waals surface area contributed by atoms with E-state index >= 15 is 0 Å². The van der Waals surface area contributed by atoms with E-state index in [1.807, 2.05) is 20.8 Å². The maximum Gasteiger partial charge on any atom is 0.410 e. The fraction of sp³-hybridized carbons (Fsp3) is 0.667. The lowest BCUT2D eigenvalue weighted by molar-refractivity contribution is -0.0896. The molecule has 0 aromatic heterocycles. The average molecular weight is 361 g/mol. The predicted molar refractivity (Wildman–Crippen MR) is 99.9 cm³/mol. The van der Waals surface area contributed by atoms with Gasteiger partial charge in [0, 0.05) is 18.7 Å². The standard InChI is InChI=1S/C21H31NO4/c1-19(2,3)26-18(23)22-11-10-14-8-9-15(12-16(14)13-22)17-24-20(4,5)21(6,7)25-17/h8-9,12,17H,10-11,13H2,1-7H3. The molecule has 1 fully saturated rings. The van der Waals surface area contributed by atoms with Gasteiger partial charge in [-0.25, -0.2) is 4.79 Å². The first-order valence-corrected chi connectivity index (χ1v) is 9.33. The van der Waals surface area contributed by atoms with E-state index in [0.717, 1.165) is 17.5 Å². The summed E-state index contributed by atoms with van der Waals surface area (Å²) >= 11 is 0. The summed E-state index contributed by atoms with van der Waals surface area (Å²) in [5.41, 5.74) is 2.18. The number of hydrogen-bond acceptors (Lipinski definition) is 4. The average Bonchev–Trinajstić information content (AvgIpc) is 2.72. The van der Waals surface area contributed by atoms with Gasteiger partial charge < -0.3 is 19.1 Å². The molecular formula is C21H31NO4. The van der Waals surface area contributed by atoms with Crippen molar-refractivity contribution in [1.82, 2.24) is 4.90 Å². The van der Waals surface area contributed by atoms with Crippen molar-refractivity contribution in [3.05, 3.63) is 34.9 Å². The smallest absolute Gasteiger partial charge is 0.410 e. The van der Waals surface area contributed by atoms with E-state index in [1.165, 1.54) is 5.56 Å². The van der Waals surface area contributed by atoms with Gasteiger partial charge in [-0.15, -0.1) is 0 Å². The molecule has 5 heteroatoms. The molecule has 1 amide bonds. The number of carbonyl (C=O) groups is 1. The Hall–Kier alpha value is -1.59. The highest BCUT2D eigenvalue weighted by Gasteiger charge is 2.49. The third-order valence-electron chi connectivity index (χ3n) is 5.42. The Morgan fingerprint density at radius 3 is 2.31 bits per heavy atom. The molecule has 0 unspecified atom stereocenters. The maximum atomic E-state index is 12.4. The number of amides is 1. The molecule has 0 atom stereocenters. The van der Waals surface area contributed by atoms with E-state index < -0.39 is 5.60 Å². The van der Waals surface area contributed by atoms with Crippen LogP contribution < -0.4 is 0 Å². The van der Waals surface area contributed by atoms with E-state index in [4.69, 9.17) is 14.2 Å². The number of carbonyl (C=O) groups excluding carboxylic acids is 1. The quantitative estimate of drug-likeness (QED) is 0.734. The summed E-state index contributed by atoms with van der Waals surface area (Å²) in [5.74, 6) is 0. The molecule has 0 bridgehead atoms. The summed E-state index contributed by atoms with van der Waals surface area (Å²) in [4.78, 5) is 14.2. The van der Waals surface area contributed by atoms with Crippen molar-refractivity contribution in [1.29, 1.82) is 0 Å². The van der Waals surface area contributed by atoms with Gasteiger partial charge in [0.1, 0.15) is 5.60 Å². The van der Waals surface area contributed by atoms with Gasteiger partial charge in [0.2, 0.25) is 0 Å². The minimum Gasteiger partial charge on any atom is -0.444 e. The van der Waals surface area contributed by atoms with E-state index in [-0.39, 0.29) is 23.6 Å². The van der Waals surface area contributed by atoms with Gasteiger partial charge in [-0.2, -0.15) is 0 Å². The van der Waals surface area contributed by atoms with Crippen LogP contribution in [0.3, 0.4) is 0 Å². The Balaban J connectivity index is 1.77. The molecule has 2 aliphatic rings. The van der Waals surface area contributed by atoms with Crippen LogP contribution in [0.4, 0.5) is 4.79 Å². The molecule has 1 aromatic carbocycles. The zero-order valence-electron chi connectivity index (χ0n) is 17.0. The third kappa shape index (κ3) is 3.74. The van der Waals surface area contributed by atoms with Crippen molar-refractivity contribution >= 4 is 6.09 Å². The monoisotopic (exact) mass is 361 g/mol. The van der Waals surface area contributed by atoms with Crippen molar-refractivity contribution in [2.75, 3.05) is 6.54 Å². The summed E-state index contributed by atoms with van der Waals surface area (Å²) < 4.78 is 17.8. The lowest BCUT2D eigenvalue weighted by Crippen LogP contribution is -2.41. The lowest BCUT2D eigenvalue weighted by Gasteiger charge is -2.31. The topological polar surface area (TPSA) is 48.0 Å². The highest BCUT2D eigenvalue weighted by molar-refractivity contribution is 5.68. The number of ether oxygens (including phenoxy) is 3. The number of benzene rings is 1. The summed E-state index contributed by atoms with van der Waals surface area (Å²) in [6.45, 7) is 15.1. The van der Waals surface area contributed by atoms with Crippen molar-refractivity contribution in [3.8, 4) is 0 Å². The fourth-order valence-corrected chi connectivity index (χ4v) is 3.19.